The van der Waals surface area contributed by atoms with Crippen molar-refractivity contribution in [2.24, 2.45) is 0 Å². The van der Waals surface area contributed by atoms with E-state index in [1.807, 2.05) is 6.26 Å². The highest BCUT2D eigenvalue weighted by Crippen LogP contribution is 2.27. The van der Waals surface area contributed by atoms with Crippen molar-refractivity contribution in [1.82, 2.24) is 4.90 Å². The van der Waals surface area contributed by atoms with Crippen molar-refractivity contribution >= 4 is 35.2 Å². The highest BCUT2D eigenvalue weighted by atomic mass is 32.2. The van der Waals surface area contributed by atoms with Gasteiger partial charge in [-0.1, -0.05) is 18.2 Å². The number of rotatable bonds is 7. The molecule has 2 aromatic carbocycles. The number of fused-ring (bicyclic) bond motifs is 1. The molecule has 6 nitrogen and oxygen atoms in total. The number of ether oxygens (including phenoxy) is 1. The first kappa shape index (κ1) is 19.0. The van der Waals surface area contributed by atoms with Crippen LogP contribution in [0, 0.1) is 0 Å². The van der Waals surface area contributed by atoms with Gasteiger partial charge in [0.1, 0.15) is 11.8 Å². The number of anilines is 1. The van der Waals surface area contributed by atoms with Crippen molar-refractivity contribution in [2.75, 3.05) is 24.4 Å². The Morgan fingerprint density at radius 2 is 1.78 bits per heavy atom. The Labute approximate surface area is 161 Å². The molecule has 1 aliphatic heterocycles. The predicted molar refractivity (Wildman–Crippen MR) is 105 cm³/mol. The molecule has 27 heavy (non-hydrogen) atoms. The lowest BCUT2D eigenvalue weighted by atomic mass is 10.1. The quantitative estimate of drug-likeness (QED) is 0.743. The number of carbonyl (C=O) groups is 3. The molecule has 0 saturated heterocycles. The second kappa shape index (κ2) is 8.26. The van der Waals surface area contributed by atoms with Gasteiger partial charge >= 0.3 is 0 Å². The fourth-order valence-electron chi connectivity index (χ4n) is 3.02. The Bertz CT molecular complexity index is 849. The molecule has 0 aliphatic carbocycles. The van der Waals surface area contributed by atoms with Crippen LogP contribution in [0.25, 0.3) is 0 Å². The smallest absolute Gasteiger partial charge is 0.262 e. The summed E-state index contributed by atoms with van der Waals surface area (Å²) < 4.78 is 5.16. The first-order valence-electron chi connectivity index (χ1n) is 8.47. The molecule has 0 saturated carbocycles. The summed E-state index contributed by atoms with van der Waals surface area (Å²) in [6, 6.07) is 12.7. The van der Waals surface area contributed by atoms with E-state index in [9.17, 15) is 14.4 Å². The van der Waals surface area contributed by atoms with Gasteiger partial charge < -0.3 is 10.1 Å². The highest BCUT2D eigenvalue weighted by molar-refractivity contribution is 7.98. The molecular weight excluding hydrogens is 364 g/mol. The molecule has 1 heterocycles. The molecular formula is C20H20N2O4S. The molecule has 0 unspecified atom stereocenters. The number of hydrogen-bond donors (Lipinski definition) is 1. The van der Waals surface area contributed by atoms with Gasteiger partial charge in [-0.25, -0.2) is 0 Å². The van der Waals surface area contributed by atoms with E-state index in [0.717, 1.165) is 4.90 Å². The normalized spacial score (nSPS) is 14.1. The standard InChI is InChI=1S/C20H20N2O4S/c1-26-14-7-5-6-13(12-14)21-18(23)17(10-11-27-2)22-19(24)15-8-3-4-9-16(15)20(22)25/h3-9,12,17H,10-11H2,1-2H3,(H,21,23)/t17-/m1/s1. The third-order valence-corrected chi connectivity index (χ3v) is 5.02. The molecule has 7 heteroatoms. The summed E-state index contributed by atoms with van der Waals surface area (Å²) in [5, 5.41) is 2.80. The van der Waals surface area contributed by atoms with E-state index in [-0.39, 0.29) is 0 Å². The van der Waals surface area contributed by atoms with E-state index >= 15 is 0 Å². The first-order valence-corrected chi connectivity index (χ1v) is 9.87. The SMILES string of the molecule is COc1cccc(NC(=O)[C@@H](CCSC)N2C(=O)c3ccccc3C2=O)c1. The van der Waals surface area contributed by atoms with E-state index in [1.54, 1.807) is 67.4 Å². The van der Waals surface area contributed by atoms with Crippen molar-refractivity contribution in [3.05, 3.63) is 59.7 Å². The molecule has 0 radical (unpaired) electrons. The highest BCUT2D eigenvalue weighted by Gasteiger charge is 2.42. The van der Waals surface area contributed by atoms with Crippen LogP contribution in [0.5, 0.6) is 5.75 Å². The lowest BCUT2D eigenvalue weighted by Crippen LogP contribution is -2.47. The van der Waals surface area contributed by atoms with Crippen molar-refractivity contribution in [2.45, 2.75) is 12.5 Å². The summed E-state index contributed by atoms with van der Waals surface area (Å²) in [5.74, 6) is -0.00476. The zero-order chi connectivity index (χ0) is 19.4. The molecule has 2 aromatic rings. The van der Waals surface area contributed by atoms with Crippen molar-refractivity contribution in [1.29, 1.82) is 0 Å². The molecule has 1 N–H and O–H groups in total. The molecule has 3 rings (SSSR count). The number of hydrogen-bond acceptors (Lipinski definition) is 5. The van der Waals surface area contributed by atoms with Gasteiger partial charge in [0.15, 0.2) is 0 Å². The maximum Gasteiger partial charge on any atom is 0.262 e. The van der Waals surface area contributed by atoms with Crippen molar-refractivity contribution in [3.63, 3.8) is 0 Å². The van der Waals surface area contributed by atoms with Crippen molar-refractivity contribution in [3.8, 4) is 5.75 Å². The maximum atomic E-state index is 12.9. The molecule has 0 aromatic heterocycles. The van der Waals surface area contributed by atoms with Crippen LogP contribution in [0.3, 0.4) is 0 Å². The molecule has 0 spiro atoms. The van der Waals surface area contributed by atoms with Gasteiger partial charge in [0.05, 0.1) is 18.2 Å². The number of methoxy groups -OCH3 is 1. The van der Waals surface area contributed by atoms with Gasteiger partial charge in [-0.05, 0) is 42.7 Å². The van der Waals surface area contributed by atoms with Crippen LogP contribution in [-0.4, -0.2) is 47.8 Å². The zero-order valence-electron chi connectivity index (χ0n) is 15.1. The van der Waals surface area contributed by atoms with Crippen LogP contribution in [0.4, 0.5) is 5.69 Å². The lowest BCUT2D eigenvalue weighted by molar-refractivity contribution is -0.120. The fraction of sp³-hybridized carbons (Fsp3) is 0.250. The van der Waals surface area contributed by atoms with Crippen LogP contribution in [0.1, 0.15) is 27.1 Å². The largest absolute Gasteiger partial charge is 0.497 e. The Hall–Kier alpha value is -2.80. The third kappa shape index (κ3) is 3.83. The summed E-state index contributed by atoms with van der Waals surface area (Å²) in [4.78, 5) is 39.6. The number of imide groups is 1. The Morgan fingerprint density at radius 3 is 2.37 bits per heavy atom. The van der Waals surface area contributed by atoms with Gasteiger partial charge in [0.25, 0.3) is 11.8 Å². The third-order valence-electron chi connectivity index (χ3n) is 4.37. The van der Waals surface area contributed by atoms with E-state index in [0.29, 0.717) is 34.7 Å². The topological polar surface area (TPSA) is 75.7 Å². The van der Waals surface area contributed by atoms with Crippen LogP contribution < -0.4 is 10.1 Å². The number of thioether (sulfide) groups is 1. The van der Waals surface area contributed by atoms with E-state index in [1.165, 1.54) is 0 Å². The van der Waals surface area contributed by atoms with Crippen molar-refractivity contribution < 1.29 is 19.1 Å². The summed E-state index contributed by atoms with van der Waals surface area (Å²) >= 11 is 1.56. The average Bonchev–Trinajstić information content (AvgIpc) is 2.94. The van der Waals surface area contributed by atoms with Gasteiger partial charge in [-0.15, -0.1) is 0 Å². The van der Waals surface area contributed by atoms with Crippen LogP contribution in [0.15, 0.2) is 48.5 Å². The minimum atomic E-state index is -0.879. The van der Waals surface area contributed by atoms with Crippen LogP contribution in [-0.2, 0) is 4.79 Å². The fourth-order valence-corrected chi connectivity index (χ4v) is 3.48. The zero-order valence-corrected chi connectivity index (χ0v) is 15.9. The average molecular weight is 384 g/mol. The van der Waals surface area contributed by atoms with Gasteiger partial charge in [-0.2, -0.15) is 11.8 Å². The van der Waals surface area contributed by atoms with Gasteiger partial charge in [0, 0.05) is 11.8 Å². The minimum absolute atomic E-state index is 0.339. The number of nitrogens with one attached hydrogen (secondary N) is 1. The van der Waals surface area contributed by atoms with E-state index < -0.39 is 23.8 Å². The first-order chi connectivity index (χ1) is 13.1. The second-order valence-corrected chi connectivity index (χ2v) is 7.03. The molecule has 1 aliphatic rings. The molecule has 0 fully saturated rings. The molecule has 140 valence electrons. The Morgan fingerprint density at radius 1 is 1.11 bits per heavy atom. The Balaban J connectivity index is 1.86. The van der Waals surface area contributed by atoms with Gasteiger partial charge in [0.2, 0.25) is 5.91 Å². The van der Waals surface area contributed by atoms with Crippen LogP contribution in [0.2, 0.25) is 0 Å². The second-order valence-electron chi connectivity index (χ2n) is 6.04. The summed E-state index contributed by atoms with van der Waals surface area (Å²) in [5.41, 5.74) is 1.22. The monoisotopic (exact) mass is 384 g/mol. The Kier molecular flexibility index (Phi) is 5.81. The summed E-state index contributed by atoms with van der Waals surface area (Å²) in [6.45, 7) is 0. The number of carbonyl (C=O) groups excluding carboxylic acids is 3. The summed E-state index contributed by atoms with van der Waals surface area (Å²) in [7, 11) is 1.54. The van der Waals surface area contributed by atoms with Crippen LogP contribution >= 0.6 is 11.8 Å². The maximum absolute atomic E-state index is 12.9. The predicted octanol–water partition coefficient (Wildman–Crippen LogP) is 3.05. The van der Waals surface area contributed by atoms with Gasteiger partial charge in [-0.3, -0.25) is 19.3 Å². The summed E-state index contributed by atoms with van der Waals surface area (Å²) in [6.07, 6.45) is 2.29. The van der Waals surface area contributed by atoms with E-state index in [2.05, 4.69) is 5.32 Å². The molecule has 3 amide bonds. The molecule has 0 bridgehead atoms. The molecule has 1 atom stereocenters. The number of nitrogens with zero attached hydrogens (tertiary/aromatic N) is 1. The minimum Gasteiger partial charge on any atom is -0.497 e. The number of benzene rings is 2. The number of amides is 3. The lowest BCUT2D eigenvalue weighted by Gasteiger charge is -2.25. The van der Waals surface area contributed by atoms with E-state index in [4.69, 9.17) is 4.74 Å².